The van der Waals surface area contributed by atoms with Crippen molar-refractivity contribution in [2.24, 2.45) is 9.98 Å². The molecule has 3 aliphatic rings. The molecule has 1 atom stereocenters. The molecule has 3 heterocycles. The first kappa shape index (κ1) is 13.2. The van der Waals surface area contributed by atoms with Crippen LogP contribution < -0.4 is 14.9 Å². The van der Waals surface area contributed by atoms with Crippen LogP contribution in [0.5, 0.6) is 11.5 Å². The largest absolute Gasteiger partial charge is 0.454 e. The van der Waals surface area contributed by atoms with Crippen molar-refractivity contribution < 1.29 is 9.47 Å². The third kappa shape index (κ3) is 1.94. The third-order valence-electron chi connectivity index (χ3n) is 3.47. The monoisotopic (exact) mass is 313 g/mol. The third-order valence-corrected chi connectivity index (χ3v) is 4.12. The molecular weight excluding hydrogens is 302 g/mol. The first-order chi connectivity index (χ1) is 10.8. The van der Waals surface area contributed by atoms with Gasteiger partial charge in [0.15, 0.2) is 22.5 Å². The van der Waals surface area contributed by atoms with Gasteiger partial charge in [0.1, 0.15) is 17.8 Å². The van der Waals surface area contributed by atoms with Gasteiger partial charge in [-0.25, -0.2) is 15.0 Å². The Kier molecular flexibility index (Phi) is 3.03. The van der Waals surface area contributed by atoms with Crippen molar-refractivity contribution in [2.45, 2.75) is 6.17 Å². The number of hydrogen-bond donors (Lipinski definition) is 1. The van der Waals surface area contributed by atoms with Gasteiger partial charge in [0.2, 0.25) is 6.79 Å². The van der Waals surface area contributed by atoms with Gasteiger partial charge in [-0.05, 0) is 24.0 Å². The van der Waals surface area contributed by atoms with Crippen LogP contribution in [0, 0.1) is 11.3 Å². The van der Waals surface area contributed by atoms with E-state index < -0.39 is 0 Å². The molecule has 110 valence electrons. The van der Waals surface area contributed by atoms with Crippen LogP contribution >= 0.6 is 11.8 Å². The van der Waals surface area contributed by atoms with E-state index >= 15 is 0 Å². The maximum atomic E-state index is 9.21. The topological polar surface area (TPSA) is 82.2 Å². The van der Waals surface area contributed by atoms with Crippen LogP contribution in [-0.2, 0) is 0 Å². The number of rotatable bonds is 1. The normalized spacial score (nSPS) is 21.7. The van der Waals surface area contributed by atoms with Crippen LogP contribution in [0.1, 0.15) is 11.7 Å². The highest BCUT2D eigenvalue weighted by atomic mass is 32.2. The van der Waals surface area contributed by atoms with E-state index in [9.17, 15) is 5.26 Å². The number of amidine groups is 2. The molecule has 0 amide bonds. The minimum Gasteiger partial charge on any atom is -0.454 e. The molecule has 4 rings (SSSR count). The van der Waals surface area contributed by atoms with E-state index in [2.05, 4.69) is 21.5 Å². The Morgan fingerprint density at radius 1 is 1.41 bits per heavy atom. The Morgan fingerprint density at radius 2 is 2.27 bits per heavy atom. The van der Waals surface area contributed by atoms with Gasteiger partial charge in [-0.15, -0.1) is 0 Å². The number of thioether (sulfide) groups is 1. The quantitative estimate of drug-likeness (QED) is 0.851. The molecule has 1 N–H and O–H groups in total. The smallest absolute Gasteiger partial charge is 0.231 e. The summed E-state index contributed by atoms with van der Waals surface area (Å²) in [6.07, 6.45) is 3.18. The molecule has 7 nitrogen and oxygen atoms in total. The average Bonchev–Trinajstić information content (AvgIpc) is 3.19. The lowest BCUT2D eigenvalue weighted by molar-refractivity contribution is 0.174. The number of nitriles is 1. The molecule has 8 heteroatoms. The van der Waals surface area contributed by atoms with Gasteiger partial charge >= 0.3 is 0 Å². The highest BCUT2D eigenvalue weighted by Crippen LogP contribution is 2.36. The molecule has 0 radical (unpaired) electrons. The minimum atomic E-state index is -0.295. The molecule has 0 aliphatic carbocycles. The van der Waals surface area contributed by atoms with Gasteiger partial charge in [0, 0.05) is 0 Å². The van der Waals surface area contributed by atoms with Gasteiger partial charge in [-0.1, -0.05) is 17.8 Å². The van der Waals surface area contributed by atoms with E-state index in [1.165, 1.54) is 11.8 Å². The number of hydrazine groups is 1. The number of ether oxygens (including phenoxy) is 2. The molecular formula is C14H11N5O2S. The molecule has 22 heavy (non-hydrogen) atoms. The summed E-state index contributed by atoms with van der Waals surface area (Å²) >= 11 is 1.49. The summed E-state index contributed by atoms with van der Waals surface area (Å²) in [5.41, 5.74) is 4.63. The van der Waals surface area contributed by atoms with Gasteiger partial charge in [0.25, 0.3) is 0 Å². The summed E-state index contributed by atoms with van der Waals surface area (Å²) < 4.78 is 10.7. The Hall–Kier alpha value is -2.50. The molecule has 0 fully saturated rings. The van der Waals surface area contributed by atoms with Crippen molar-refractivity contribution in [2.75, 3.05) is 13.0 Å². The summed E-state index contributed by atoms with van der Waals surface area (Å²) in [4.78, 5) is 8.87. The highest BCUT2D eigenvalue weighted by molar-refractivity contribution is 8.13. The summed E-state index contributed by atoms with van der Waals surface area (Å²) in [5, 5.41) is 11.7. The molecule has 1 aromatic rings. The first-order valence-corrected chi connectivity index (χ1v) is 7.78. The second-order valence-corrected chi connectivity index (χ2v) is 5.48. The lowest BCUT2D eigenvalue weighted by atomic mass is 10.1. The van der Waals surface area contributed by atoms with E-state index in [-0.39, 0.29) is 13.0 Å². The summed E-state index contributed by atoms with van der Waals surface area (Å²) in [6.45, 7) is 0.238. The Labute approximate surface area is 130 Å². The molecule has 0 bridgehead atoms. The average molecular weight is 313 g/mol. The lowest BCUT2D eigenvalue weighted by Crippen LogP contribution is -2.43. The second-order valence-electron chi connectivity index (χ2n) is 4.70. The van der Waals surface area contributed by atoms with E-state index in [0.717, 1.165) is 16.5 Å². The fourth-order valence-electron chi connectivity index (χ4n) is 2.42. The van der Waals surface area contributed by atoms with Gasteiger partial charge in [-0.3, -0.25) is 0 Å². The highest BCUT2D eigenvalue weighted by Gasteiger charge is 2.33. The summed E-state index contributed by atoms with van der Waals surface area (Å²) in [6, 6.07) is 7.81. The number of nitrogens with zero attached hydrogens (tertiary/aromatic N) is 4. The molecule has 0 unspecified atom stereocenters. The van der Waals surface area contributed by atoms with Crippen molar-refractivity contribution in [3.8, 4) is 17.6 Å². The van der Waals surface area contributed by atoms with Crippen LogP contribution in [0.2, 0.25) is 0 Å². The molecule has 3 aliphatic heterocycles. The van der Waals surface area contributed by atoms with Crippen LogP contribution in [0.15, 0.2) is 40.0 Å². The van der Waals surface area contributed by atoms with E-state index in [4.69, 9.17) is 9.47 Å². The fourth-order valence-corrected chi connectivity index (χ4v) is 2.90. The van der Waals surface area contributed by atoms with Crippen LogP contribution in [-0.4, -0.2) is 29.1 Å². The zero-order chi connectivity index (χ0) is 15.1. The van der Waals surface area contributed by atoms with Crippen molar-refractivity contribution in [3.63, 3.8) is 0 Å². The van der Waals surface area contributed by atoms with E-state index in [1.807, 2.05) is 24.5 Å². The zero-order valence-electron chi connectivity index (χ0n) is 11.6. The lowest BCUT2D eigenvalue weighted by Gasteiger charge is -2.23. The van der Waals surface area contributed by atoms with Crippen molar-refractivity contribution in [1.82, 2.24) is 10.4 Å². The second kappa shape index (κ2) is 5.05. The SMILES string of the molecule is CSC1=NC=C(C#N)C2=N[C@H](c3ccc4c(c3)OCO4)NN12. The van der Waals surface area contributed by atoms with E-state index in [0.29, 0.717) is 17.2 Å². The fraction of sp³-hybridized carbons (Fsp3) is 0.214. The maximum absolute atomic E-state index is 9.21. The number of aliphatic imine (C=N–C) groups is 2. The van der Waals surface area contributed by atoms with Gasteiger partial charge in [-0.2, -0.15) is 10.7 Å². The molecule has 0 spiro atoms. The summed E-state index contributed by atoms with van der Waals surface area (Å²) in [7, 11) is 0. The standard InChI is InChI=1S/C14H11N5O2S/c1-22-14-16-6-9(5-15)13-17-12(18-19(13)14)8-2-3-10-11(4-8)21-7-20-10/h2-4,6,12,18H,7H2,1H3/t12-/m0/s1. The van der Waals surface area contributed by atoms with Gasteiger partial charge < -0.3 is 9.47 Å². The first-order valence-electron chi connectivity index (χ1n) is 6.56. The molecule has 0 saturated carbocycles. The van der Waals surface area contributed by atoms with Crippen molar-refractivity contribution >= 4 is 22.8 Å². The van der Waals surface area contributed by atoms with Crippen LogP contribution in [0.3, 0.4) is 0 Å². The Balaban J connectivity index is 1.69. The maximum Gasteiger partial charge on any atom is 0.231 e. The molecule has 0 aromatic heterocycles. The van der Waals surface area contributed by atoms with Crippen LogP contribution in [0.4, 0.5) is 0 Å². The van der Waals surface area contributed by atoms with Crippen LogP contribution in [0.25, 0.3) is 0 Å². The number of hydrogen-bond acceptors (Lipinski definition) is 8. The number of nitrogens with one attached hydrogen (secondary N) is 1. The molecule has 1 aromatic carbocycles. The number of benzene rings is 1. The predicted octanol–water partition coefficient (Wildman–Crippen LogP) is 1.77. The van der Waals surface area contributed by atoms with Crippen molar-refractivity contribution in [1.29, 1.82) is 5.26 Å². The summed E-state index contributed by atoms with van der Waals surface area (Å²) in [5.74, 6) is 2.03. The minimum absolute atomic E-state index is 0.238. The molecule has 0 saturated heterocycles. The predicted molar refractivity (Wildman–Crippen MR) is 82.4 cm³/mol. The Bertz CT molecular complexity index is 780. The van der Waals surface area contributed by atoms with Gasteiger partial charge in [0.05, 0.1) is 6.20 Å². The zero-order valence-corrected chi connectivity index (χ0v) is 12.4. The number of fused-ring (bicyclic) bond motifs is 2. The van der Waals surface area contributed by atoms with E-state index in [1.54, 1.807) is 11.2 Å². The Morgan fingerprint density at radius 3 is 3.09 bits per heavy atom. The van der Waals surface area contributed by atoms with Crippen molar-refractivity contribution in [3.05, 3.63) is 35.5 Å².